The molecule has 3 rings (SSSR count). The third-order valence-corrected chi connectivity index (χ3v) is 8.66. The van der Waals surface area contributed by atoms with E-state index in [2.05, 4.69) is 68.4 Å². The van der Waals surface area contributed by atoms with Crippen molar-refractivity contribution in [3.8, 4) is 5.75 Å². The van der Waals surface area contributed by atoms with Crippen molar-refractivity contribution < 1.29 is 5.11 Å². The molecule has 0 saturated heterocycles. The molecular formula is C20H18OSe2. The van der Waals surface area contributed by atoms with Crippen LogP contribution in [-0.4, -0.2) is 35.0 Å². The molecule has 3 aromatic carbocycles. The average molecular weight is 432 g/mol. The molecule has 0 radical (unpaired) electrons. The summed E-state index contributed by atoms with van der Waals surface area (Å²) in [6.07, 6.45) is 0. The Balaban J connectivity index is 1.99. The molecule has 0 atom stereocenters. The zero-order valence-electron chi connectivity index (χ0n) is 13.1. The maximum atomic E-state index is 10.9. The van der Waals surface area contributed by atoms with Gasteiger partial charge in [0, 0.05) is 0 Å². The second-order valence-corrected chi connectivity index (χ2v) is 9.90. The van der Waals surface area contributed by atoms with Crippen LogP contribution >= 0.6 is 0 Å². The van der Waals surface area contributed by atoms with Crippen LogP contribution in [0.15, 0.2) is 66.7 Å². The molecule has 0 unspecified atom stereocenters. The molecule has 0 saturated carbocycles. The van der Waals surface area contributed by atoms with Crippen LogP contribution in [0.1, 0.15) is 11.1 Å². The van der Waals surface area contributed by atoms with E-state index in [-0.39, 0.29) is 29.9 Å². The molecule has 0 aliphatic heterocycles. The van der Waals surface area contributed by atoms with Gasteiger partial charge in [-0.1, -0.05) is 0 Å². The van der Waals surface area contributed by atoms with E-state index in [0.717, 1.165) is 8.92 Å². The van der Waals surface area contributed by atoms with Gasteiger partial charge in [-0.2, -0.15) is 0 Å². The van der Waals surface area contributed by atoms with Crippen molar-refractivity contribution in [2.45, 2.75) is 13.8 Å². The molecule has 0 aliphatic rings. The van der Waals surface area contributed by atoms with E-state index in [1.165, 1.54) is 20.1 Å². The van der Waals surface area contributed by atoms with Gasteiger partial charge in [0.1, 0.15) is 0 Å². The summed E-state index contributed by atoms with van der Waals surface area (Å²) in [5.41, 5.74) is 2.38. The van der Waals surface area contributed by atoms with Crippen molar-refractivity contribution in [1.82, 2.24) is 0 Å². The predicted octanol–water partition coefficient (Wildman–Crippen LogP) is 1.32. The Labute approximate surface area is 150 Å². The van der Waals surface area contributed by atoms with E-state index in [4.69, 9.17) is 0 Å². The molecule has 0 fully saturated rings. The Bertz CT molecular complexity index is 733. The van der Waals surface area contributed by atoms with Crippen LogP contribution in [0.4, 0.5) is 0 Å². The van der Waals surface area contributed by atoms with E-state index in [1.54, 1.807) is 0 Å². The van der Waals surface area contributed by atoms with E-state index in [9.17, 15) is 5.11 Å². The quantitative estimate of drug-likeness (QED) is 0.617. The normalized spacial score (nSPS) is 10.7. The Morgan fingerprint density at radius 3 is 1.43 bits per heavy atom. The average Bonchev–Trinajstić information content (AvgIpc) is 2.57. The monoisotopic (exact) mass is 434 g/mol. The minimum atomic E-state index is 0.130. The predicted molar refractivity (Wildman–Crippen MR) is 101 cm³/mol. The Kier molecular flexibility index (Phi) is 5.25. The second kappa shape index (κ2) is 7.38. The fourth-order valence-electron chi connectivity index (χ4n) is 2.40. The SMILES string of the molecule is Cc1cc(C)c([Se]c2ccccc2)c(O)c1[Se]c1ccccc1. The molecule has 0 bridgehead atoms. The third-order valence-electron chi connectivity index (χ3n) is 3.51. The van der Waals surface area contributed by atoms with Gasteiger partial charge in [0.2, 0.25) is 0 Å². The molecule has 0 amide bonds. The minimum absolute atomic E-state index is 0.130. The molecule has 0 spiro atoms. The molecule has 1 N–H and O–H groups in total. The summed E-state index contributed by atoms with van der Waals surface area (Å²) in [6.45, 7) is 4.21. The van der Waals surface area contributed by atoms with Crippen LogP contribution in [0, 0.1) is 13.8 Å². The van der Waals surface area contributed by atoms with Gasteiger partial charge in [-0.3, -0.25) is 0 Å². The summed E-state index contributed by atoms with van der Waals surface area (Å²) < 4.78 is 4.81. The molecule has 3 heteroatoms. The van der Waals surface area contributed by atoms with Crippen molar-refractivity contribution in [3.05, 3.63) is 77.9 Å². The molecule has 0 heterocycles. The van der Waals surface area contributed by atoms with E-state index >= 15 is 0 Å². The standard InChI is InChI=1S/C20H18OSe2/c1-14-13-15(2)20(23-17-11-7-4-8-12-17)18(21)19(14)22-16-9-5-3-6-10-16/h3-13,21H,1-2H3. The van der Waals surface area contributed by atoms with Crippen LogP contribution in [-0.2, 0) is 0 Å². The van der Waals surface area contributed by atoms with Gasteiger partial charge < -0.3 is 0 Å². The van der Waals surface area contributed by atoms with Gasteiger partial charge in [0.05, 0.1) is 0 Å². The number of benzene rings is 3. The van der Waals surface area contributed by atoms with Gasteiger partial charge in [0.15, 0.2) is 0 Å². The first-order valence-electron chi connectivity index (χ1n) is 7.44. The summed E-state index contributed by atoms with van der Waals surface area (Å²) in [4.78, 5) is 0. The number of phenols is 1. The molecule has 1 nitrogen and oxygen atoms in total. The van der Waals surface area contributed by atoms with Crippen LogP contribution in [0.2, 0.25) is 0 Å². The molecule has 3 aromatic rings. The van der Waals surface area contributed by atoms with Gasteiger partial charge in [0.25, 0.3) is 0 Å². The Hall–Kier alpha value is -1.50. The number of aryl methyl sites for hydroxylation is 2. The van der Waals surface area contributed by atoms with Gasteiger partial charge in [-0.25, -0.2) is 0 Å². The van der Waals surface area contributed by atoms with Gasteiger partial charge in [-0.15, -0.1) is 0 Å². The Morgan fingerprint density at radius 2 is 1.04 bits per heavy atom. The zero-order valence-corrected chi connectivity index (χ0v) is 16.5. The fraction of sp³-hybridized carbons (Fsp3) is 0.100. The second-order valence-electron chi connectivity index (χ2n) is 5.35. The maximum absolute atomic E-state index is 10.9. The van der Waals surface area contributed by atoms with Crippen molar-refractivity contribution >= 4 is 47.8 Å². The van der Waals surface area contributed by atoms with Gasteiger partial charge >= 0.3 is 150 Å². The Morgan fingerprint density at radius 1 is 0.652 bits per heavy atom. The number of aromatic hydroxyl groups is 1. The van der Waals surface area contributed by atoms with Crippen molar-refractivity contribution in [1.29, 1.82) is 0 Å². The number of phenolic OH excluding ortho intramolecular Hbond substituents is 1. The summed E-state index contributed by atoms with van der Waals surface area (Å²) >= 11 is 0.259. The molecule has 0 aromatic heterocycles. The summed E-state index contributed by atoms with van der Waals surface area (Å²) in [7, 11) is 0. The molecule has 116 valence electrons. The third kappa shape index (κ3) is 3.88. The fourth-order valence-corrected chi connectivity index (χ4v) is 6.71. The van der Waals surface area contributed by atoms with E-state index in [1.807, 2.05) is 12.1 Å². The number of hydrogen-bond donors (Lipinski definition) is 1. The molecular weight excluding hydrogens is 414 g/mol. The van der Waals surface area contributed by atoms with E-state index in [0.29, 0.717) is 5.75 Å². The number of hydrogen-bond acceptors (Lipinski definition) is 1. The van der Waals surface area contributed by atoms with Crippen molar-refractivity contribution in [3.63, 3.8) is 0 Å². The molecule has 0 aliphatic carbocycles. The van der Waals surface area contributed by atoms with Gasteiger partial charge in [-0.05, 0) is 0 Å². The van der Waals surface area contributed by atoms with Crippen molar-refractivity contribution in [2.75, 3.05) is 0 Å². The zero-order chi connectivity index (χ0) is 16.2. The first-order chi connectivity index (χ1) is 11.1. The van der Waals surface area contributed by atoms with E-state index < -0.39 is 0 Å². The summed E-state index contributed by atoms with van der Waals surface area (Å²) in [6, 6.07) is 23.1. The molecule has 23 heavy (non-hydrogen) atoms. The summed E-state index contributed by atoms with van der Waals surface area (Å²) in [5, 5.41) is 10.9. The first kappa shape index (κ1) is 16.4. The first-order valence-corrected chi connectivity index (χ1v) is 10.9. The van der Waals surface area contributed by atoms with Crippen LogP contribution in [0.3, 0.4) is 0 Å². The van der Waals surface area contributed by atoms with Crippen LogP contribution in [0.25, 0.3) is 0 Å². The summed E-state index contributed by atoms with van der Waals surface area (Å²) in [5.74, 6) is 0.509. The van der Waals surface area contributed by atoms with Crippen molar-refractivity contribution in [2.24, 2.45) is 0 Å². The topological polar surface area (TPSA) is 20.2 Å². The van der Waals surface area contributed by atoms with Crippen LogP contribution < -0.4 is 17.8 Å². The number of rotatable bonds is 4. The van der Waals surface area contributed by atoms with Crippen LogP contribution in [0.5, 0.6) is 5.75 Å².